The Labute approximate surface area is 120 Å². The van der Waals surface area contributed by atoms with Gasteiger partial charge in [-0.05, 0) is 38.8 Å². The summed E-state index contributed by atoms with van der Waals surface area (Å²) >= 11 is 0. The molecule has 1 aliphatic rings. The van der Waals surface area contributed by atoms with Gasteiger partial charge in [-0.1, -0.05) is 6.42 Å². The van der Waals surface area contributed by atoms with Crippen molar-refractivity contribution in [3.05, 3.63) is 18.2 Å². The number of nitrogens with zero attached hydrogens (tertiary/aromatic N) is 1. The van der Waals surface area contributed by atoms with E-state index in [1.54, 1.807) is 16.4 Å². The van der Waals surface area contributed by atoms with E-state index < -0.39 is 10.0 Å². The number of ether oxygens (including phenoxy) is 1. The molecule has 0 bridgehead atoms. The molecule has 112 valence electrons. The molecule has 0 aliphatic carbocycles. The number of sulfonamides is 1. The van der Waals surface area contributed by atoms with Crippen molar-refractivity contribution in [2.45, 2.75) is 50.1 Å². The van der Waals surface area contributed by atoms with E-state index in [0.717, 1.165) is 19.3 Å². The zero-order valence-electron chi connectivity index (χ0n) is 12.2. The Balaban J connectivity index is 2.43. The molecule has 0 radical (unpaired) electrons. The van der Waals surface area contributed by atoms with Gasteiger partial charge in [0.05, 0.1) is 17.7 Å². The highest BCUT2D eigenvalue weighted by atomic mass is 32.2. The van der Waals surface area contributed by atoms with Gasteiger partial charge in [-0.15, -0.1) is 0 Å². The van der Waals surface area contributed by atoms with Crippen molar-refractivity contribution >= 4 is 15.7 Å². The zero-order chi connectivity index (χ0) is 14.9. The van der Waals surface area contributed by atoms with Crippen molar-refractivity contribution in [2.24, 2.45) is 0 Å². The molecule has 2 rings (SSSR count). The van der Waals surface area contributed by atoms with E-state index in [-0.39, 0.29) is 17.0 Å². The van der Waals surface area contributed by atoms with E-state index in [1.807, 2.05) is 13.8 Å². The number of piperidine rings is 1. The fraction of sp³-hybridized carbons (Fsp3) is 0.571. The second-order valence-electron chi connectivity index (χ2n) is 5.37. The van der Waals surface area contributed by atoms with Crippen LogP contribution in [0.4, 0.5) is 5.69 Å². The van der Waals surface area contributed by atoms with Gasteiger partial charge in [-0.2, -0.15) is 4.31 Å². The summed E-state index contributed by atoms with van der Waals surface area (Å²) in [7, 11) is -2.03. The van der Waals surface area contributed by atoms with E-state index in [2.05, 4.69) is 0 Å². The number of rotatable bonds is 3. The Kier molecular flexibility index (Phi) is 4.25. The molecule has 1 aliphatic heterocycles. The average molecular weight is 298 g/mol. The lowest BCUT2D eigenvalue weighted by Gasteiger charge is -2.37. The van der Waals surface area contributed by atoms with Gasteiger partial charge in [0.2, 0.25) is 10.0 Å². The Bertz CT molecular complexity index is 576. The lowest BCUT2D eigenvalue weighted by molar-refractivity contribution is 0.204. The van der Waals surface area contributed by atoms with Crippen LogP contribution in [0.25, 0.3) is 0 Å². The number of hydrogen-bond acceptors (Lipinski definition) is 4. The minimum absolute atomic E-state index is 0.0206. The third kappa shape index (κ3) is 2.62. The molecule has 0 amide bonds. The maximum Gasteiger partial charge on any atom is 0.243 e. The Hall–Kier alpha value is -1.27. The van der Waals surface area contributed by atoms with Crippen molar-refractivity contribution < 1.29 is 13.2 Å². The van der Waals surface area contributed by atoms with E-state index >= 15 is 0 Å². The number of hydrogen-bond donors (Lipinski definition) is 1. The molecule has 6 heteroatoms. The van der Waals surface area contributed by atoms with Gasteiger partial charge in [0.15, 0.2) is 0 Å². The first-order valence-electron chi connectivity index (χ1n) is 6.85. The summed E-state index contributed by atoms with van der Waals surface area (Å²) in [5.41, 5.74) is 6.18. The maximum atomic E-state index is 12.8. The van der Waals surface area contributed by atoms with Crippen LogP contribution in [0.2, 0.25) is 0 Å². The number of benzene rings is 1. The molecule has 1 fully saturated rings. The quantitative estimate of drug-likeness (QED) is 0.869. The summed E-state index contributed by atoms with van der Waals surface area (Å²) in [5, 5.41) is 0. The zero-order valence-corrected chi connectivity index (χ0v) is 13.0. The lowest BCUT2D eigenvalue weighted by Crippen LogP contribution is -2.47. The summed E-state index contributed by atoms with van der Waals surface area (Å²) in [6.45, 7) is 3.92. The molecule has 1 aromatic carbocycles. The normalized spacial score (nSPS) is 24.6. The molecule has 2 N–H and O–H groups in total. The molecule has 0 aromatic heterocycles. The number of anilines is 1. The van der Waals surface area contributed by atoms with E-state index in [4.69, 9.17) is 10.5 Å². The molecule has 1 heterocycles. The summed E-state index contributed by atoms with van der Waals surface area (Å²) in [6, 6.07) is 4.66. The Morgan fingerprint density at radius 1 is 1.25 bits per heavy atom. The maximum absolute atomic E-state index is 12.8. The summed E-state index contributed by atoms with van der Waals surface area (Å²) < 4.78 is 32.4. The monoisotopic (exact) mass is 298 g/mol. The molecular weight excluding hydrogens is 276 g/mol. The summed E-state index contributed by atoms with van der Waals surface area (Å²) in [5.74, 6) is 0.392. The van der Waals surface area contributed by atoms with Gasteiger partial charge in [-0.3, -0.25) is 0 Å². The third-order valence-corrected chi connectivity index (χ3v) is 6.02. The smallest absolute Gasteiger partial charge is 0.243 e. The van der Waals surface area contributed by atoms with Crippen LogP contribution in [-0.4, -0.2) is 31.9 Å². The number of nitrogens with two attached hydrogens (primary N) is 1. The van der Waals surface area contributed by atoms with Crippen LogP contribution < -0.4 is 10.5 Å². The highest BCUT2D eigenvalue weighted by Crippen LogP contribution is 2.32. The second kappa shape index (κ2) is 5.61. The van der Waals surface area contributed by atoms with Crippen LogP contribution in [-0.2, 0) is 10.0 Å². The van der Waals surface area contributed by atoms with Crippen LogP contribution >= 0.6 is 0 Å². The molecule has 2 atom stereocenters. The molecule has 0 unspecified atom stereocenters. The Morgan fingerprint density at radius 2 is 1.85 bits per heavy atom. The first kappa shape index (κ1) is 15.1. The summed E-state index contributed by atoms with van der Waals surface area (Å²) in [6.07, 6.45) is 2.87. The van der Waals surface area contributed by atoms with Gasteiger partial charge < -0.3 is 10.5 Å². The van der Waals surface area contributed by atoms with E-state index in [0.29, 0.717) is 11.4 Å². The standard InChI is InChI=1S/C14H22N2O3S/c1-10-5-4-6-11(2)16(10)20(17,18)12-7-8-13(15)14(9-12)19-3/h7-11H,4-6,15H2,1-3H3/t10-,11+. The molecular formula is C14H22N2O3S. The molecule has 1 saturated heterocycles. The SMILES string of the molecule is COc1cc(S(=O)(=O)N2[C@H](C)CCC[C@@H]2C)ccc1N. The van der Waals surface area contributed by atoms with Gasteiger partial charge in [0.25, 0.3) is 0 Å². The second-order valence-corrected chi connectivity index (χ2v) is 7.21. The molecule has 1 aromatic rings. The van der Waals surface area contributed by atoms with Crippen LogP contribution in [0.5, 0.6) is 5.75 Å². The van der Waals surface area contributed by atoms with E-state index in [1.165, 1.54) is 13.2 Å². The molecule has 5 nitrogen and oxygen atoms in total. The van der Waals surface area contributed by atoms with Gasteiger partial charge in [0.1, 0.15) is 5.75 Å². The number of nitrogen functional groups attached to an aromatic ring is 1. The first-order chi connectivity index (χ1) is 9.37. The average Bonchev–Trinajstić information content (AvgIpc) is 2.38. The van der Waals surface area contributed by atoms with Crippen molar-refractivity contribution in [2.75, 3.05) is 12.8 Å². The van der Waals surface area contributed by atoms with Gasteiger partial charge in [-0.25, -0.2) is 8.42 Å². The first-order valence-corrected chi connectivity index (χ1v) is 8.29. The lowest BCUT2D eigenvalue weighted by atomic mass is 10.0. The van der Waals surface area contributed by atoms with Crippen molar-refractivity contribution in [3.8, 4) is 5.75 Å². The predicted molar refractivity (Wildman–Crippen MR) is 79.2 cm³/mol. The topological polar surface area (TPSA) is 72.6 Å². The van der Waals surface area contributed by atoms with Crippen molar-refractivity contribution in [1.29, 1.82) is 0 Å². The highest BCUT2D eigenvalue weighted by molar-refractivity contribution is 7.89. The molecule has 0 saturated carbocycles. The Morgan fingerprint density at radius 3 is 2.40 bits per heavy atom. The molecule has 20 heavy (non-hydrogen) atoms. The third-order valence-electron chi connectivity index (χ3n) is 3.89. The largest absolute Gasteiger partial charge is 0.495 e. The van der Waals surface area contributed by atoms with E-state index in [9.17, 15) is 8.42 Å². The fourth-order valence-corrected chi connectivity index (χ4v) is 4.74. The predicted octanol–water partition coefficient (Wildman–Crippen LogP) is 2.23. The van der Waals surface area contributed by atoms with Crippen LogP contribution in [0.1, 0.15) is 33.1 Å². The minimum atomic E-state index is -3.51. The van der Waals surface area contributed by atoms with Gasteiger partial charge >= 0.3 is 0 Å². The summed E-state index contributed by atoms with van der Waals surface area (Å²) in [4.78, 5) is 0.240. The molecule has 0 spiro atoms. The van der Waals surface area contributed by atoms with Crippen LogP contribution in [0.15, 0.2) is 23.1 Å². The minimum Gasteiger partial charge on any atom is -0.495 e. The van der Waals surface area contributed by atoms with Crippen LogP contribution in [0.3, 0.4) is 0 Å². The highest BCUT2D eigenvalue weighted by Gasteiger charge is 2.35. The van der Waals surface area contributed by atoms with Gasteiger partial charge in [0, 0.05) is 18.2 Å². The fourth-order valence-electron chi connectivity index (χ4n) is 2.85. The van der Waals surface area contributed by atoms with Crippen molar-refractivity contribution in [1.82, 2.24) is 4.31 Å². The van der Waals surface area contributed by atoms with Crippen LogP contribution in [0, 0.1) is 0 Å². The number of methoxy groups -OCH3 is 1. The van der Waals surface area contributed by atoms with Crippen molar-refractivity contribution in [3.63, 3.8) is 0 Å².